The maximum Gasteiger partial charge on any atom is 0.120 e. The van der Waals surface area contributed by atoms with E-state index in [2.05, 4.69) is 74.4 Å². The van der Waals surface area contributed by atoms with E-state index in [-0.39, 0.29) is 11.2 Å². The number of benzene rings is 2. The van der Waals surface area contributed by atoms with Gasteiger partial charge in [0.2, 0.25) is 0 Å². The van der Waals surface area contributed by atoms with Crippen molar-refractivity contribution >= 4 is 12.1 Å². The third-order valence-electron chi connectivity index (χ3n) is 4.91. The number of amidine groups is 1. The summed E-state index contributed by atoms with van der Waals surface area (Å²) >= 11 is 0. The second-order valence-corrected chi connectivity index (χ2v) is 9.60. The number of ether oxygens (including phenoxy) is 2. The van der Waals surface area contributed by atoms with E-state index >= 15 is 0 Å². The van der Waals surface area contributed by atoms with Gasteiger partial charge in [0.15, 0.2) is 0 Å². The Morgan fingerprint density at radius 2 is 1.32 bits per heavy atom. The molecule has 0 radical (unpaired) electrons. The quantitative estimate of drug-likeness (QED) is 0.286. The predicted octanol–water partition coefficient (Wildman–Crippen LogP) is 5.43. The van der Waals surface area contributed by atoms with Gasteiger partial charge in [-0.1, -0.05) is 24.3 Å². The summed E-state index contributed by atoms with van der Waals surface area (Å²) in [6.07, 6.45) is 3.88. The van der Waals surface area contributed by atoms with Crippen LogP contribution >= 0.6 is 0 Å². The molecule has 0 amide bonds. The van der Waals surface area contributed by atoms with Gasteiger partial charge < -0.3 is 25.9 Å². The van der Waals surface area contributed by atoms with Crippen molar-refractivity contribution in [1.82, 2.24) is 5.32 Å². The average molecular weight is 469 g/mol. The minimum atomic E-state index is -0.376. The fraction of sp³-hybridized carbons (Fsp3) is 0.500. The number of nitrogens with zero attached hydrogens (tertiary/aromatic N) is 1. The van der Waals surface area contributed by atoms with E-state index in [4.69, 9.17) is 20.6 Å². The van der Waals surface area contributed by atoms with E-state index in [0.29, 0.717) is 12.4 Å². The SMILES string of the molecule is CC=N.CNCCc1ccc(OC(C)(C)CC(C)(C)Oc2ccc(CCN=C(C)N)cc2)cc1. The highest BCUT2D eigenvalue weighted by molar-refractivity contribution is 5.77. The maximum absolute atomic E-state index is 6.30. The van der Waals surface area contributed by atoms with Gasteiger partial charge >= 0.3 is 0 Å². The van der Waals surface area contributed by atoms with Gasteiger partial charge in [-0.25, -0.2) is 0 Å². The molecule has 188 valence electrons. The third-order valence-corrected chi connectivity index (χ3v) is 4.91. The van der Waals surface area contributed by atoms with E-state index in [1.807, 2.05) is 26.1 Å². The molecule has 4 N–H and O–H groups in total. The number of hydrogen-bond acceptors (Lipinski definition) is 5. The zero-order valence-electron chi connectivity index (χ0n) is 22.1. The second-order valence-electron chi connectivity index (χ2n) is 9.60. The van der Waals surface area contributed by atoms with Crippen LogP contribution in [-0.2, 0) is 12.8 Å². The van der Waals surface area contributed by atoms with Crippen LogP contribution in [0.2, 0.25) is 0 Å². The van der Waals surface area contributed by atoms with Crippen molar-refractivity contribution in [3.63, 3.8) is 0 Å². The number of hydrogen-bond donors (Lipinski definition) is 3. The van der Waals surface area contributed by atoms with Crippen molar-refractivity contribution in [1.29, 1.82) is 5.41 Å². The fourth-order valence-electron chi connectivity index (χ4n) is 3.81. The molecule has 2 aromatic rings. The Morgan fingerprint density at radius 1 is 0.912 bits per heavy atom. The molecule has 6 heteroatoms. The van der Waals surface area contributed by atoms with Gasteiger partial charge in [-0.2, -0.15) is 0 Å². The smallest absolute Gasteiger partial charge is 0.120 e. The first kappa shape index (κ1) is 29.2. The number of nitrogens with one attached hydrogen (secondary N) is 2. The number of rotatable bonds is 12. The van der Waals surface area contributed by atoms with Gasteiger partial charge in [-0.15, -0.1) is 0 Å². The molecule has 0 aromatic heterocycles. The first-order valence-electron chi connectivity index (χ1n) is 11.9. The summed E-state index contributed by atoms with van der Waals surface area (Å²) in [7, 11) is 1.97. The van der Waals surface area contributed by atoms with Crippen molar-refractivity contribution in [2.75, 3.05) is 20.1 Å². The highest BCUT2D eigenvalue weighted by Crippen LogP contribution is 2.30. The molecule has 0 aliphatic heterocycles. The molecule has 0 heterocycles. The summed E-state index contributed by atoms with van der Waals surface area (Å²) in [4.78, 5) is 4.24. The van der Waals surface area contributed by atoms with Crippen LogP contribution in [0.3, 0.4) is 0 Å². The molecular weight excluding hydrogens is 424 g/mol. The molecule has 0 fully saturated rings. The molecule has 0 saturated heterocycles. The third kappa shape index (κ3) is 12.4. The maximum atomic E-state index is 6.30. The standard InChI is InChI=1S/C26H39N3O2.C2H5N/c1-20(27)29-18-16-22-9-13-24(14-10-22)31-26(4,5)19-25(2,3)30-23-11-7-21(8-12-23)15-17-28-6;1-2-3/h7-14,28H,15-19H2,1-6H3,(H2,27,29);2-3H,1H3. The summed E-state index contributed by atoms with van der Waals surface area (Å²) in [5.41, 5.74) is 7.37. The molecule has 0 unspecified atom stereocenters. The minimum absolute atomic E-state index is 0.367. The van der Waals surface area contributed by atoms with Crippen LogP contribution in [0.5, 0.6) is 11.5 Å². The van der Waals surface area contributed by atoms with Crippen molar-refractivity contribution in [3.8, 4) is 11.5 Å². The minimum Gasteiger partial charge on any atom is -0.488 e. The van der Waals surface area contributed by atoms with Crippen LogP contribution in [0.15, 0.2) is 53.5 Å². The zero-order chi connectivity index (χ0) is 25.6. The predicted molar refractivity (Wildman–Crippen MR) is 145 cm³/mol. The second kappa shape index (κ2) is 14.4. The van der Waals surface area contributed by atoms with Gasteiger partial charge in [-0.3, -0.25) is 4.99 Å². The lowest BCUT2D eigenvalue weighted by Crippen LogP contribution is -2.41. The van der Waals surface area contributed by atoms with Crippen LogP contribution < -0.4 is 20.5 Å². The summed E-state index contributed by atoms with van der Waals surface area (Å²) < 4.78 is 12.6. The Morgan fingerprint density at radius 3 is 1.71 bits per heavy atom. The summed E-state index contributed by atoms with van der Waals surface area (Å²) in [5, 5.41) is 9.26. The molecule has 0 saturated carbocycles. The van der Waals surface area contributed by atoms with Crippen LogP contribution in [-0.4, -0.2) is 43.4 Å². The summed E-state index contributed by atoms with van der Waals surface area (Å²) in [6, 6.07) is 16.6. The van der Waals surface area contributed by atoms with Crippen LogP contribution in [0.1, 0.15) is 59.1 Å². The largest absolute Gasteiger partial charge is 0.488 e. The number of likely N-dealkylation sites (N-methyl/N-ethyl adjacent to an activating group) is 1. The summed E-state index contributed by atoms with van der Waals surface area (Å²) in [6.45, 7) is 13.6. The number of aliphatic imine (C=N–C) groups is 1. The summed E-state index contributed by atoms with van der Waals surface area (Å²) in [5.74, 6) is 2.36. The highest BCUT2D eigenvalue weighted by atomic mass is 16.5. The Balaban J connectivity index is 0.00000182. The molecular formula is C28H44N4O2. The van der Waals surface area contributed by atoms with E-state index < -0.39 is 0 Å². The Labute approximate surface area is 206 Å². The van der Waals surface area contributed by atoms with E-state index in [1.54, 1.807) is 6.92 Å². The lowest BCUT2D eigenvalue weighted by atomic mass is 9.92. The van der Waals surface area contributed by atoms with Crippen LogP contribution in [0.25, 0.3) is 0 Å². The Bertz CT molecular complexity index is 868. The van der Waals surface area contributed by atoms with Crippen molar-refractivity contribution < 1.29 is 9.47 Å². The average Bonchev–Trinajstić information content (AvgIpc) is 2.73. The van der Waals surface area contributed by atoms with Gasteiger partial charge in [0.25, 0.3) is 0 Å². The molecule has 34 heavy (non-hydrogen) atoms. The normalized spacial score (nSPS) is 11.9. The van der Waals surface area contributed by atoms with Crippen LogP contribution in [0.4, 0.5) is 0 Å². The lowest BCUT2D eigenvalue weighted by molar-refractivity contribution is 0.00503. The zero-order valence-corrected chi connectivity index (χ0v) is 22.1. The lowest BCUT2D eigenvalue weighted by Gasteiger charge is -2.35. The first-order valence-corrected chi connectivity index (χ1v) is 11.9. The molecule has 0 spiro atoms. The Hall–Kier alpha value is -2.86. The van der Waals surface area contributed by atoms with Crippen molar-refractivity contribution in [3.05, 3.63) is 59.7 Å². The highest BCUT2D eigenvalue weighted by Gasteiger charge is 2.32. The van der Waals surface area contributed by atoms with Gasteiger partial charge in [0.1, 0.15) is 22.7 Å². The van der Waals surface area contributed by atoms with Gasteiger partial charge in [-0.05, 0) is 110 Å². The topological polar surface area (TPSA) is 92.7 Å². The molecule has 0 bridgehead atoms. The Kier molecular flexibility index (Phi) is 12.4. The molecule has 0 aliphatic carbocycles. The van der Waals surface area contributed by atoms with Crippen molar-refractivity contribution in [2.45, 2.75) is 72.0 Å². The molecule has 2 aromatic carbocycles. The molecule has 0 aliphatic rings. The molecule has 6 nitrogen and oxygen atoms in total. The van der Waals surface area contributed by atoms with Crippen LogP contribution in [0, 0.1) is 5.41 Å². The van der Waals surface area contributed by atoms with Gasteiger partial charge in [0, 0.05) is 13.0 Å². The first-order chi connectivity index (χ1) is 16.0. The fourth-order valence-corrected chi connectivity index (χ4v) is 3.81. The number of nitrogens with two attached hydrogens (primary N) is 1. The van der Waals surface area contributed by atoms with E-state index in [0.717, 1.165) is 37.3 Å². The van der Waals surface area contributed by atoms with Gasteiger partial charge in [0.05, 0.1) is 5.84 Å². The van der Waals surface area contributed by atoms with E-state index in [9.17, 15) is 0 Å². The monoisotopic (exact) mass is 468 g/mol. The molecule has 0 atom stereocenters. The molecule has 2 rings (SSSR count). The van der Waals surface area contributed by atoms with E-state index in [1.165, 1.54) is 17.3 Å². The van der Waals surface area contributed by atoms with Crippen molar-refractivity contribution in [2.24, 2.45) is 10.7 Å².